The predicted molar refractivity (Wildman–Crippen MR) is 83.4 cm³/mol. The van der Waals surface area contributed by atoms with E-state index in [-0.39, 0.29) is 6.10 Å². The van der Waals surface area contributed by atoms with Crippen molar-refractivity contribution in [3.05, 3.63) is 60.3 Å². The Labute approximate surface area is 122 Å². The zero-order valence-corrected chi connectivity index (χ0v) is 12.8. The van der Waals surface area contributed by atoms with E-state index in [9.17, 15) is 4.79 Å². The molecule has 0 saturated heterocycles. The van der Waals surface area contributed by atoms with Gasteiger partial charge >= 0.3 is 5.97 Å². The summed E-state index contributed by atoms with van der Waals surface area (Å²) < 4.78 is 10.1. The Hall–Kier alpha value is -1.87. The molecule has 3 heteroatoms. The first-order valence-electron chi connectivity index (χ1n) is 6.58. The third-order valence-electron chi connectivity index (χ3n) is 2.53. The second-order valence-electron chi connectivity index (χ2n) is 4.05. The van der Waals surface area contributed by atoms with Crippen molar-refractivity contribution >= 4 is 5.97 Å². The van der Waals surface area contributed by atoms with Gasteiger partial charge in [0.1, 0.15) is 6.10 Å². The molecule has 0 fully saturated rings. The first kappa shape index (κ1) is 18.1. The van der Waals surface area contributed by atoms with E-state index in [1.54, 1.807) is 14.0 Å². The molecule has 0 N–H and O–H groups in total. The van der Waals surface area contributed by atoms with E-state index in [1.165, 1.54) is 0 Å². The van der Waals surface area contributed by atoms with Gasteiger partial charge in [-0.3, -0.25) is 0 Å². The molecule has 0 heterocycles. The SMILES string of the molecule is C=CC(=O)OC(C)/C=C\C(=CC)C(/C=C\COC)=C/C. The first-order chi connectivity index (χ1) is 9.58. The quantitative estimate of drug-likeness (QED) is 0.385. The summed E-state index contributed by atoms with van der Waals surface area (Å²) in [6.45, 7) is 9.69. The van der Waals surface area contributed by atoms with Crippen molar-refractivity contribution in [3.8, 4) is 0 Å². The highest BCUT2D eigenvalue weighted by Gasteiger charge is 2.02. The van der Waals surface area contributed by atoms with Gasteiger partial charge in [-0.25, -0.2) is 4.79 Å². The lowest BCUT2D eigenvalue weighted by Crippen LogP contribution is -2.09. The van der Waals surface area contributed by atoms with Crippen LogP contribution in [0, 0.1) is 0 Å². The van der Waals surface area contributed by atoms with Crippen LogP contribution < -0.4 is 0 Å². The molecule has 0 aliphatic carbocycles. The molecule has 20 heavy (non-hydrogen) atoms. The summed E-state index contributed by atoms with van der Waals surface area (Å²) in [5, 5.41) is 0. The number of rotatable bonds is 8. The van der Waals surface area contributed by atoms with Crippen LogP contribution in [-0.4, -0.2) is 25.8 Å². The summed E-state index contributed by atoms with van der Waals surface area (Å²) in [6.07, 6.45) is 12.6. The summed E-state index contributed by atoms with van der Waals surface area (Å²) in [5.41, 5.74) is 2.14. The molecular weight excluding hydrogens is 252 g/mol. The Morgan fingerprint density at radius 3 is 2.30 bits per heavy atom. The van der Waals surface area contributed by atoms with Crippen molar-refractivity contribution < 1.29 is 14.3 Å². The lowest BCUT2D eigenvalue weighted by molar-refractivity contribution is -0.140. The molecule has 0 aromatic heterocycles. The van der Waals surface area contributed by atoms with E-state index in [4.69, 9.17) is 9.47 Å². The number of hydrogen-bond donors (Lipinski definition) is 0. The molecule has 1 unspecified atom stereocenters. The number of esters is 1. The zero-order chi connectivity index (χ0) is 15.4. The molecule has 0 aromatic rings. The minimum Gasteiger partial charge on any atom is -0.455 e. The maximum atomic E-state index is 11.1. The first-order valence-corrected chi connectivity index (χ1v) is 6.58. The van der Waals surface area contributed by atoms with Gasteiger partial charge in [0, 0.05) is 13.2 Å². The molecule has 0 bridgehead atoms. The summed E-state index contributed by atoms with van der Waals surface area (Å²) >= 11 is 0. The monoisotopic (exact) mass is 276 g/mol. The lowest BCUT2D eigenvalue weighted by Gasteiger charge is -2.08. The Kier molecular flexibility index (Phi) is 9.97. The highest BCUT2D eigenvalue weighted by Crippen LogP contribution is 2.14. The number of carbonyl (C=O) groups excluding carboxylic acids is 1. The standard InChI is InChI=1S/C17H24O3/c1-6-15(10-9-13-19-5)16(7-2)12-11-14(4)20-17(18)8-3/h6-12,14H,3,13H2,1-2,4-5H3/b10-9-,12-11-,15-6+,16-7?. The molecule has 0 aliphatic rings. The highest BCUT2D eigenvalue weighted by atomic mass is 16.5. The van der Waals surface area contributed by atoms with Crippen LogP contribution in [-0.2, 0) is 14.3 Å². The fourth-order valence-electron chi connectivity index (χ4n) is 1.50. The summed E-state index contributed by atoms with van der Waals surface area (Å²) in [6, 6.07) is 0. The van der Waals surface area contributed by atoms with Gasteiger partial charge in [-0.2, -0.15) is 0 Å². The smallest absolute Gasteiger partial charge is 0.330 e. The number of allylic oxidation sites excluding steroid dienone is 6. The van der Waals surface area contributed by atoms with Crippen LogP contribution >= 0.6 is 0 Å². The van der Waals surface area contributed by atoms with Crippen LogP contribution in [0.25, 0.3) is 0 Å². The molecule has 0 aliphatic heterocycles. The van der Waals surface area contributed by atoms with Crippen molar-refractivity contribution in [1.82, 2.24) is 0 Å². The van der Waals surface area contributed by atoms with E-state index >= 15 is 0 Å². The maximum Gasteiger partial charge on any atom is 0.330 e. The Balaban J connectivity index is 4.76. The van der Waals surface area contributed by atoms with Crippen LogP contribution in [0.2, 0.25) is 0 Å². The van der Waals surface area contributed by atoms with Crippen LogP contribution in [0.1, 0.15) is 20.8 Å². The van der Waals surface area contributed by atoms with E-state index in [2.05, 4.69) is 6.58 Å². The molecule has 1 atom stereocenters. The van der Waals surface area contributed by atoms with Crippen LogP contribution in [0.3, 0.4) is 0 Å². The van der Waals surface area contributed by atoms with Crippen molar-refractivity contribution in [3.63, 3.8) is 0 Å². The van der Waals surface area contributed by atoms with Gasteiger partial charge in [-0.1, -0.05) is 37.0 Å². The van der Waals surface area contributed by atoms with Crippen molar-refractivity contribution in [1.29, 1.82) is 0 Å². The number of methoxy groups -OCH3 is 1. The second-order valence-corrected chi connectivity index (χ2v) is 4.05. The van der Waals surface area contributed by atoms with Crippen molar-refractivity contribution in [2.45, 2.75) is 26.9 Å². The average Bonchev–Trinajstić information content (AvgIpc) is 2.45. The predicted octanol–water partition coefficient (Wildman–Crippen LogP) is 3.76. The minimum absolute atomic E-state index is 0.295. The zero-order valence-electron chi connectivity index (χ0n) is 12.8. The summed E-state index contributed by atoms with van der Waals surface area (Å²) in [4.78, 5) is 11.1. The average molecular weight is 276 g/mol. The number of ether oxygens (including phenoxy) is 2. The Morgan fingerprint density at radius 2 is 1.80 bits per heavy atom. The lowest BCUT2D eigenvalue weighted by atomic mass is 10.0. The van der Waals surface area contributed by atoms with Crippen molar-refractivity contribution in [2.24, 2.45) is 0 Å². The number of hydrogen-bond acceptors (Lipinski definition) is 3. The van der Waals surface area contributed by atoms with E-state index in [0.717, 1.165) is 17.2 Å². The molecule has 0 rings (SSSR count). The largest absolute Gasteiger partial charge is 0.455 e. The number of carbonyl (C=O) groups is 1. The molecule has 0 spiro atoms. The van der Waals surface area contributed by atoms with Crippen LogP contribution in [0.4, 0.5) is 0 Å². The third kappa shape index (κ3) is 7.54. The second kappa shape index (κ2) is 11.0. The molecule has 3 nitrogen and oxygen atoms in total. The van der Waals surface area contributed by atoms with Gasteiger partial charge in [0.05, 0.1) is 6.61 Å². The molecule has 0 saturated carbocycles. The maximum absolute atomic E-state index is 11.1. The Bertz CT molecular complexity index is 426. The van der Waals surface area contributed by atoms with Crippen LogP contribution in [0.15, 0.2) is 60.3 Å². The summed E-state index contributed by atoms with van der Waals surface area (Å²) in [7, 11) is 1.66. The van der Waals surface area contributed by atoms with Gasteiger partial charge in [-0.05, 0) is 38.0 Å². The molecular formula is C17H24O3. The Morgan fingerprint density at radius 1 is 1.20 bits per heavy atom. The topological polar surface area (TPSA) is 35.5 Å². The van der Waals surface area contributed by atoms with Crippen molar-refractivity contribution in [2.75, 3.05) is 13.7 Å². The summed E-state index contributed by atoms with van der Waals surface area (Å²) in [5.74, 6) is -0.421. The molecule has 110 valence electrons. The normalized spacial score (nSPS) is 14.8. The van der Waals surface area contributed by atoms with E-state index in [1.807, 2.05) is 50.3 Å². The van der Waals surface area contributed by atoms with E-state index in [0.29, 0.717) is 6.61 Å². The van der Waals surface area contributed by atoms with Crippen LogP contribution in [0.5, 0.6) is 0 Å². The molecule has 0 aromatic carbocycles. The minimum atomic E-state index is -0.421. The highest BCUT2D eigenvalue weighted by molar-refractivity contribution is 5.81. The third-order valence-corrected chi connectivity index (χ3v) is 2.53. The fourth-order valence-corrected chi connectivity index (χ4v) is 1.50. The van der Waals surface area contributed by atoms with Gasteiger partial charge in [0.2, 0.25) is 0 Å². The fraction of sp³-hybridized carbons (Fsp3) is 0.353. The molecule has 0 radical (unpaired) electrons. The van der Waals surface area contributed by atoms with E-state index < -0.39 is 5.97 Å². The van der Waals surface area contributed by atoms with Gasteiger partial charge in [0.15, 0.2) is 0 Å². The molecule has 0 amide bonds. The van der Waals surface area contributed by atoms with Gasteiger partial charge < -0.3 is 9.47 Å². The van der Waals surface area contributed by atoms with Gasteiger partial charge in [0.25, 0.3) is 0 Å². The van der Waals surface area contributed by atoms with Gasteiger partial charge in [-0.15, -0.1) is 0 Å².